The van der Waals surface area contributed by atoms with Crippen molar-refractivity contribution in [1.29, 1.82) is 0 Å². The van der Waals surface area contributed by atoms with Gasteiger partial charge in [0.05, 0.1) is 6.04 Å². The average Bonchev–Trinajstić information content (AvgIpc) is 2.87. The monoisotopic (exact) mass is 280 g/mol. The molecule has 1 aromatic rings. The van der Waals surface area contributed by atoms with Crippen molar-refractivity contribution in [2.45, 2.75) is 32.2 Å². The Balaban J connectivity index is 2.01. The van der Waals surface area contributed by atoms with Crippen LogP contribution in [0.25, 0.3) is 0 Å². The van der Waals surface area contributed by atoms with Crippen LogP contribution in [-0.4, -0.2) is 12.5 Å². The third-order valence-electron chi connectivity index (χ3n) is 4.03. The van der Waals surface area contributed by atoms with E-state index in [-0.39, 0.29) is 17.9 Å². The molecule has 1 aliphatic rings. The van der Waals surface area contributed by atoms with Crippen molar-refractivity contribution in [3.05, 3.63) is 34.9 Å². The largest absolute Gasteiger partial charge is 0.349 e. The summed E-state index contributed by atoms with van der Waals surface area (Å²) < 4.78 is 0. The van der Waals surface area contributed by atoms with Crippen LogP contribution in [-0.2, 0) is 4.79 Å². The van der Waals surface area contributed by atoms with E-state index in [1.54, 1.807) is 0 Å². The summed E-state index contributed by atoms with van der Waals surface area (Å²) in [5.74, 6) is 0.508. The van der Waals surface area contributed by atoms with Gasteiger partial charge in [-0.15, -0.1) is 0 Å². The summed E-state index contributed by atoms with van der Waals surface area (Å²) in [5, 5.41) is 3.76. The Labute approximate surface area is 119 Å². The van der Waals surface area contributed by atoms with E-state index < -0.39 is 0 Å². The maximum Gasteiger partial charge on any atom is 0.223 e. The highest BCUT2D eigenvalue weighted by molar-refractivity contribution is 6.31. The van der Waals surface area contributed by atoms with Gasteiger partial charge in [-0.25, -0.2) is 0 Å². The van der Waals surface area contributed by atoms with Gasteiger partial charge in [-0.2, -0.15) is 0 Å². The second kappa shape index (κ2) is 6.40. The first kappa shape index (κ1) is 14.4. The van der Waals surface area contributed by atoms with E-state index in [0.717, 1.165) is 24.8 Å². The average molecular weight is 281 g/mol. The van der Waals surface area contributed by atoms with E-state index in [9.17, 15) is 4.79 Å². The van der Waals surface area contributed by atoms with E-state index >= 15 is 0 Å². The Morgan fingerprint density at radius 2 is 2.21 bits per heavy atom. The molecule has 0 aromatic heterocycles. The molecule has 2 rings (SSSR count). The fourth-order valence-electron chi connectivity index (χ4n) is 2.89. The zero-order valence-corrected chi connectivity index (χ0v) is 12.0. The smallest absolute Gasteiger partial charge is 0.223 e. The van der Waals surface area contributed by atoms with E-state index in [4.69, 9.17) is 17.3 Å². The van der Waals surface area contributed by atoms with Crippen molar-refractivity contribution in [2.24, 2.45) is 17.6 Å². The lowest BCUT2D eigenvalue weighted by Crippen LogP contribution is -2.36. The van der Waals surface area contributed by atoms with Crippen molar-refractivity contribution >= 4 is 17.5 Å². The lowest BCUT2D eigenvalue weighted by molar-refractivity contribution is -0.126. The number of halogens is 1. The molecule has 1 aromatic carbocycles. The van der Waals surface area contributed by atoms with Crippen LogP contribution in [0.1, 0.15) is 37.8 Å². The Hall–Kier alpha value is -1.06. The summed E-state index contributed by atoms with van der Waals surface area (Å²) >= 11 is 6.15. The van der Waals surface area contributed by atoms with Crippen molar-refractivity contribution < 1.29 is 4.79 Å². The van der Waals surface area contributed by atoms with Gasteiger partial charge in [0.15, 0.2) is 0 Å². The highest BCUT2D eigenvalue weighted by Gasteiger charge is 2.32. The van der Waals surface area contributed by atoms with Crippen LogP contribution in [0.2, 0.25) is 5.02 Å². The molecule has 0 heterocycles. The summed E-state index contributed by atoms with van der Waals surface area (Å²) in [6, 6.07) is 7.55. The minimum absolute atomic E-state index is 0.0648. The summed E-state index contributed by atoms with van der Waals surface area (Å²) in [6.45, 7) is 2.56. The third-order valence-corrected chi connectivity index (χ3v) is 4.37. The van der Waals surface area contributed by atoms with E-state index in [1.807, 2.05) is 31.2 Å². The molecular formula is C15H21ClN2O. The van der Waals surface area contributed by atoms with E-state index in [1.165, 1.54) is 0 Å². The quantitative estimate of drug-likeness (QED) is 0.891. The van der Waals surface area contributed by atoms with Gasteiger partial charge < -0.3 is 11.1 Å². The molecule has 1 fully saturated rings. The summed E-state index contributed by atoms with van der Waals surface area (Å²) in [4.78, 5) is 12.3. The molecular weight excluding hydrogens is 260 g/mol. The van der Waals surface area contributed by atoms with Crippen LogP contribution in [0.5, 0.6) is 0 Å². The number of nitrogens with two attached hydrogens (primary N) is 1. The molecule has 0 saturated heterocycles. The number of hydrogen-bond acceptors (Lipinski definition) is 2. The Kier molecular flexibility index (Phi) is 4.83. The van der Waals surface area contributed by atoms with Crippen LogP contribution in [0.4, 0.5) is 0 Å². The second-order valence-corrected chi connectivity index (χ2v) is 5.69. The molecule has 3 N–H and O–H groups in total. The van der Waals surface area contributed by atoms with Gasteiger partial charge in [-0.05, 0) is 43.9 Å². The van der Waals surface area contributed by atoms with Crippen LogP contribution < -0.4 is 11.1 Å². The van der Waals surface area contributed by atoms with Crippen LogP contribution in [0.15, 0.2) is 24.3 Å². The molecule has 3 atom stereocenters. The first-order chi connectivity index (χ1) is 9.13. The lowest BCUT2D eigenvalue weighted by atomic mass is 9.94. The van der Waals surface area contributed by atoms with Gasteiger partial charge in [0.25, 0.3) is 0 Å². The number of amides is 1. The zero-order chi connectivity index (χ0) is 13.8. The highest BCUT2D eigenvalue weighted by atomic mass is 35.5. The first-order valence-electron chi connectivity index (χ1n) is 6.88. The fourth-order valence-corrected chi connectivity index (χ4v) is 3.19. The maximum atomic E-state index is 12.3. The summed E-state index contributed by atoms with van der Waals surface area (Å²) in [6.07, 6.45) is 3.11. The van der Waals surface area contributed by atoms with Crippen LogP contribution in [0.3, 0.4) is 0 Å². The Morgan fingerprint density at radius 1 is 1.47 bits per heavy atom. The second-order valence-electron chi connectivity index (χ2n) is 5.28. The molecule has 0 aliphatic heterocycles. The zero-order valence-electron chi connectivity index (χ0n) is 11.2. The van der Waals surface area contributed by atoms with Crippen LogP contribution >= 0.6 is 11.6 Å². The number of rotatable bonds is 4. The molecule has 104 valence electrons. The number of carbonyl (C=O) groups excluding carboxylic acids is 1. The number of nitrogens with one attached hydrogen (secondary N) is 1. The fraction of sp³-hybridized carbons (Fsp3) is 0.533. The SMILES string of the molecule is CC(NC(=O)[C@@H]1CCC[C@@H]1CN)c1ccccc1Cl. The topological polar surface area (TPSA) is 55.1 Å². The first-order valence-corrected chi connectivity index (χ1v) is 7.26. The molecule has 4 heteroatoms. The number of carbonyl (C=O) groups is 1. The molecule has 1 saturated carbocycles. The van der Waals surface area contributed by atoms with Gasteiger partial charge in [0, 0.05) is 10.9 Å². The predicted octanol–water partition coefficient (Wildman–Crippen LogP) is 2.89. The van der Waals surface area contributed by atoms with Crippen molar-refractivity contribution in [2.75, 3.05) is 6.54 Å². The molecule has 19 heavy (non-hydrogen) atoms. The molecule has 1 unspecified atom stereocenters. The molecule has 1 amide bonds. The normalized spacial score (nSPS) is 24.2. The summed E-state index contributed by atoms with van der Waals surface area (Å²) in [5.41, 5.74) is 6.69. The molecule has 1 aliphatic carbocycles. The summed E-state index contributed by atoms with van der Waals surface area (Å²) in [7, 11) is 0. The lowest BCUT2D eigenvalue weighted by Gasteiger charge is -2.21. The van der Waals surface area contributed by atoms with Gasteiger partial charge in [-0.1, -0.05) is 36.2 Å². The molecule has 0 spiro atoms. The maximum absolute atomic E-state index is 12.3. The van der Waals surface area contributed by atoms with Gasteiger partial charge in [-0.3, -0.25) is 4.79 Å². The number of benzene rings is 1. The van der Waals surface area contributed by atoms with Gasteiger partial charge >= 0.3 is 0 Å². The van der Waals surface area contributed by atoms with Crippen molar-refractivity contribution in [1.82, 2.24) is 5.32 Å². The standard InChI is InChI=1S/C15H21ClN2O/c1-10(12-6-2-3-8-14(12)16)18-15(19)13-7-4-5-11(13)9-17/h2-3,6,8,10-11,13H,4-5,7,9,17H2,1H3,(H,18,19)/t10?,11-,13-/m1/s1. The molecule has 0 radical (unpaired) electrons. The van der Waals surface area contributed by atoms with Crippen molar-refractivity contribution in [3.8, 4) is 0 Å². The number of hydrogen-bond donors (Lipinski definition) is 2. The van der Waals surface area contributed by atoms with Crippen LogP contribution in [0, 0.1) is 11.8 Å². The minimum Gasteiger partial charge on any atom is -0.349 e. The van der Waals surface area contributed by atoms with Gasteiger partial charge in [0.2, 0.25) is 5.91 Å². The Morgan fingerprint density at radius 3 is 2.89 bits per heavy atom. The molecule has 0 bridgehead atoms. The van der Waals surface area contributed by atoms with Crippen molar-refractivity contribution in [3.63, 3.8) is 0 Å². The minimum atomic E-state index is -0.0692. The molecule has 3 nitrogen and oxygen atoms in total. The Bertz CT molecular complexity index is 450. The van der Waals surface area contributed by atoms with Gasteiger partial charge in [0.1, 0.15) is 0 Å². The third kappa shape index (κ3) is 3.28. The predicted molar refractivity (Wildman–Crippen MR) is 77.9 cm³/mol. The highest BCUT2D eigenvalue weighted by Crippen LogP contribution is 2.32. The van der Waals surface area contributed by atoms with E-state index in [2.05, 4.69) is 5.32 Å². The van der Waals surface area contributed by atoms with E-state index in [0.29, 0.717) is 17.5 Å².